The fourth-order valence-corrected chi connectivity index (χ4v) is 4.39. The normalized spacial score (nSPS) is 26.3. The molecule has 1 aromatic carbocycles. The van der Waals surface area contributed by atoms with Crippen LogP contribution in [0.1, 0.15) is 25.8 Å². The summed E-state index contributed by atoms with van der Waals surface area (Å²) in [5.41, 5.74) is 0.844. The van der Waals surface area contributed by atoms with E-state index in [-0.39, 0.29) is 29.4 Å². The van der Waals surface area contributed by atoms with E-state index in [2.05, 4.69) is 17.3 Å². The zero-order valence-electron chi connectivity index (χ0n) is 17.1. The summed E-state index contributed by atoms with van der Waals surface area (Å²) in [5, 5.41) is 1.91. The largest absolute Gasteiger partial charge is 0.494 e. The molecule has 7 nitrogen and oxygen atoms in total. The number of likely N-dealkylation sites (N-methyl/N-ethyl adjacent to an activating group) is 1. The molecule has 2 fully saturated rings. The van der Waals surface area contributed by atoms with E-state index in [1.807, 2.05) is 38.1 Å². The Kier molecular flexibility index (Phi) is 7.71. The Balaban J connectivity index is 1.53. The molecule has 0 radical (unpaired) electrons. The third-order valence-electron chi connectivity index (χ3n) is 5.02. The number of benzene rings is 1. The first-order chi connectivity index (χ1) is 14.0. The molecular formula is C21H28N2O5S. The fraction of sp³-hybridized carbons (Fsp3) is 0.524. The van der Waals surface area contributed by atoms with Crippen LogP contribution in [0.4, 0.5) is 4.79 Å². The third-order valence-corrected chi connectivity index (χ3v) is 5.83. The average Bonchev–Trinajstić information content (AvgIpc) is 3.16. The summed E-state index contributed by atoms with van der Waals surface area (Å²) in [7, 11) is 2.10. The molecule has 0 unspecified atom stereocenters. The van der Waals surface area contributed by atoms with E-state index in [0.29, 0.717) is 24.7 Å². The van der Waals surface area contributed by atoms with Crippen LogP contribution in [-0.4, -0.2) is 67.7 Å². The Hall–Kier alpha value is -1.87. The van der Waals surface area contributed by atoms with Crippen LogP contribution in [0, 0.1) is 0 Å². The van der Waals surface area contributed by atoms with Crippen molar-refractivity contribution in [2.24, 2.45) is 0 Å². The van der Waals surface area contributed by atoms with Gasteiger partial charge in [0, 0.05) is 25.8 Å². The smallest absolute Gasteiger partial charge is 0.290 e. The Bertz CT molecular complexity index is 752. The first-order valence-corrected chi connectivity index (χ1v) is 10.7. The van der Waals surface area contributed by atoms with Crippen molar-refractivity contribution in [2.75, 3.05) is 33.4 Å². The molecule has 3 rings (SSSR count). The summed E-state index contributed by atoms with van der Waals surface area (Å²) in [5.74, 6) is 0.414. The summed E-state index contributed by atoms with van der Waals surface area (Å²) in [4.78, 5) is 25.5. The highest BCUT2D eigenvalue weighted by Gasteiger charge is 2.40. The molecule has 0 bridgehead atoms. The molecule has 8 heteroatoms. The van der Waals surface area contributed by atoms with Crippen molar-refractivity contribution in [1.29, 1.82) is 0 Å². The predicted molar refractivity (Wildman–Crippen MR) is 113 cm³/mol. The summed E-state index contributed by atoms with van der Waals surface area (Å²) in [6.07, 6.45) is 2.69. The molecule has 3 atom stereocenters. The van der Waals surface area contributed by atoms with Crippen LogP contribution in [0.5, 0.6) is 5.75 Å². The van der Waals surface area contributed by atoms with Gasteiger partial charge in [-0.05, 0) is 62.9 Å². The first kappa shape index (κ1) is 21.8. The predicted octanol–water partition coefficient (Wildman–Crippen LogP) is 2.90. The first-order valence-electron chi connectivity index (χ1n) is 9.93. The molecule has 2 aliphatic heterocycles. The van der Waals surface area contributed by atoms with Crippen LogP contribution in [-0.2, 0) is 14.3 Å². The molecule has 0 saturated carbocycles. The van der Waals surface area contributed by atoms with Gasteiger partial charge in [-0.1, -0.05) is 12.1 Å². The van der Waals surface area contributed by atoms with Gasteiger partial charge in [0.05, 0.1) is 17.6 Å². The van der Waals surface area contributed by atoms with Gasteiger partial charge in [0.1, 0.15) is 11.9 Å². The molecule has 2 aliphatic rings. The maximum absolute atomic E-state index is 11.6. The van der Waals surface area contributed by atoms with Gasteiger partial charge in [-0.3, -0.25) is 19.8 Å². The fourth-order valence-electron chi connectivity index (χ4n) is 3.71. The Morgan fingerprint density at radius 3 is 2.52 bits per heavy atom. The second kappa shape index (κ2) is 10.2. The van der Waals surface area contributed by atoms with Crippen LogP contribution in [0.25, 0.3) is 6.08 Å². The summed E-state index contributed by atoms with van der Waals surface area (Å²) in [6, 6.07) is 7.73. The van der Waals surface area contributed by atoms with Crippen molar-refractivity contribution in [3.63, 3.8) is 0 Å². The maximum Gasteiger partial charge on any atom is 0.290 e. The lowest BCUT2D eigenvalue weighted by Gasteiger charge is -2.26. The topological polar surface area (TPSA) is 77.1 Å². The third kappa shape index (κ3) is 5.60. The standard InChI is InChI=1S/C21H28N2O5S/c1-4-26-17-13-23(3)16(19(17)27-5-2)10-11-28-15-8-6-14(7-9-15)12-18-20(24)22-21(25)29-18/h6-9,12,16-17,19H,4-5,10-11,13H2,1-3H3,(H,22,24,25)/b18-12-/t16-,17+,19-/m0/s1. The van der Waals surface area contributed by atoms with E-state index in [1.54, 1.807) is 6.08 Å². The Morgan fingerprint density at radius 1 is 1.17 bits per heavy atom. The highest BCUT2D eigenvalue weighted by molar-refractivity contribution is 8.18. The number of rotatable bonds is 9. The number of ether oxygens (including phenoxy) is 3. The van der Waals surface area contributed by atoms with E-state index in [0.717, 1.165) is 36.0 Å². The van der Waals surface area contributed by atoms with Crippen molar-refractivity contribution in [3.05, 3.63) is 34.7 Å². The average molecular weight is 421 g/mol. The highest BCUT2D eigenvalue weighted by atomic mass is 32.2. The highest BCUT2D eigenvalue weighted by Crippen LogP contribution is 2.27. The van der Waals surface area contributed by atoms with Gasteiger partial charge in [-0.15, -0.1) is 0 Å². The molecule has 29 heavy (non-hydrogen) atoms. The second-order valence-corrected chi connectivity index (χ2v) is 7.99. The molecular weight excluding hydrogens is 392 g/mol. The number of imide groups is 1. The van der Waals surface area contributed by atoms with Crippen molar-refractivity contribution >= 4 is 29.0 Å². The minimum absolute atomic E-state index is 0.0559. The molecule has 2 heterocycles. The van der Waals surface area contributed by atoms with Crippen molar-refractivity contribution in [1.82, 2.24) is 10.2 Å². The van der Waals surface area contributed by atoms with Gasteiger partial charge in [0.2, 0.25) is 0 Å². The second-order valence-electron chi connectivity index (χ2n) is 6.98. The van der Waals surface area contributed by atoms with Crippen molar-refractivity contribution < 1.29 is 23.8 Å². The summed E-state index contributed by atoms with van der Waals surface area (Å²) >= 11 is 0.912. The van der Waals surface area contributed by atoms with Gasteiger partial charge < -0.3 is 14.2 Å². The number of nitrogens with zero attached hydrogens (tertiary/aromatic N) is 1. The molecule has 0 spiro atoms. The lowest BCUT2D eigenvalue weighted by Crippen LogP contribution is -2.38. The van der Waals surface area contributed by atoms with Gasteiger partial charge in [-0.25, -0.2) is 0 Å². The lowest BCUT2D eigenvalue weighted by atomic mass is 10.1. The summed E-state index contributed by atoms with van der Waals surface area (Å²) in [6.45, 7) is 6.80. The van der Waals surface area contributed by atoms with E-state index in [4.69, 9.17) is 14.2 Å². The quantitative estimate of drug-likeness (QED) is 0.616. The number of likely N-dealkylation sites (tertiary alicyclic amines) is 1. The van der Waals surface area contributed by atoms with Gasteiger partial charge in [-0.2, -0.15) is 0 Å². The Morgan fingerprint density at radius 2 is 1.90 bits per heavy atom. The SMILES string of the molecule is CCO[C@@H]1[C@H](OCC)CN(C)[C@H]1CCOc1ccc(/C=C2\SC(=O)NC2=O)cc1. The minimum Gasteiger partial charge on any atom is -0.494 e. The van der Waals surface area contributed by atoms with Gasteiger partial charge in [0.15, 0.2) is 0 Å². The van der Waals surface area contributed by atoms with Crippen LogP contribution in [0.15, 0.2) is 29.2 Å². The zero-order valence-corrected chi connectivity index (χ0v) is 17.9. The maximum atomic E-state index is 11.6. The number of carbonyl (C=O) groups is 2. The molecule has 1 aromatic rings. The number of thioether (sulfide) groups is 1. The molecule has 158 valence electrons. The molecule has 0 aliphatic carbocycles. The Labute approximate surface area is 175 Å². The van der Waals surface area contributed by atoms with E-state index >= 15 is 0 Å². The number of hydrogen-bond acceptors (Lipinski definition) is 7. The van der Waals surface area contributed by atoms with Crippen LogP contribution >= 0.6 is 11.8 Å². The van der Waals surface area contributed by atoms with E-state index in [1.165, 1.54) is 0 Å². The molecule has 0 aromatic heterocycles. The van der Waals surface area contributed by atoms with Crippen molar-refractivity contribution in [3.8, 4) is 5.75 Å². The van der Waals surface area contributed by atoms with Crippen LogP contribution in [0.2, 0.25) is 0 Å². The molecule has 2 amide bonds. The van der Waals surface area contributed by atoms with Crippen LogP contribution < -0.4 is 10.1 Å². The van der Waals surface area contributed by atoms with E-state index in [9.17, 15) is 9.59 Å². The number of nitrogens with one attached hydrogen (secondary N) is 1. The monoisotopic (exact) mass is 420 g/mol. The molecule has 2 saturated heterocycles. The number of amides is 2. The number of carbonyl (C=O) groups excluding carboxylic acids is 2. The van der Waals surface area contributed by atoms with E-state index < -0.39 is 0 Å². The van der Waals surface area contributed by atoms with Crippen molar-refractivity contribution in [2.45, 2.75) is 38.5 Å². The minimum atomic E-state index is -0.352. The summed E-state index contributed by atoms with van der Waals surface area (Å²) < 4.78 is 17.7. The number of hydrogen-bond donors (Lipinski definition) is 1. The lowest BCUT2D eigenvalue weighted by molar-refractivity contribution is -0.115. The van der Waals surface area contributed by atoms with Crippen LogP contribution in [0.3, 0.4) is 0 Å². The molecule has 1 N–H and O–H groups in total. The van der Waals surface area contributed by atoms with Gasteiger partial charge in [0.25, 0.3) is 11.1 Å². The zero-order chi connectivity index (χ0) is 20.8. The van der Waals surface area contributed by atoms with Gasteiger partial charge >= 0.3 is 0 Å².